The molecule has 2 nitrogen and oxygen atoms in total. The molecule has 1 aliphatic rings. The van der Waals surface area contributed by atoms with Crippen LogP contribution in [0.3, 0.4) is 0 Å². The van der Waals surface area contributed by atoms with Gasteiger partial charge in [0, 0.05) is 37.6 Å². The van der Waals surface area contributed by atoms with E-state index in [1.165, 1.54) is 6.07 Å². The van der Waals surface area contributed by atoms with E-state index in [0.717, 1.165) is 6.07 Å². The molecule has 1 unspecified atom stereocenters. The molecule has 1 aliphatic heterocycles. The summed E-state index contributed by atoms with van der Waals surface area (Å²) >= 11 is 0. The van der Waals surface area contributed by atoms with Crippen LogP contribution >= 0.6 is 0 Å². The molecule has 4 heteroatoms. The van der Waals surface area contributed by atoms with Crippen molar-refractivity contribution >= 4 is 0 Å². The van der Waals surface area contributed by atoms with Gasteiger partial charge in [0.1, 0.15) is 11.6 Å². The first-order valence-electron chi connectivity index (χ1n) is 5.59. The summed E-state index contributed by atoms with van der Waals surface area (Å²) in [7, 11) is 1.97. The molecule has 0 saturated heterocycles. The van der Waals surface area contributed by atoms with Crippen LogP contribution in [0.25, 0.3) is 0 Å². The first-order chi connectivity index (χ1) is 7.99. The Morgan fingerprint density at radius 2 is 1.94 bits per heavy atom. The lowest BCUT2D eigenvalue weighted by atomic mass is 10.1. The van der Waals surface area contributed by atoms with Crippen molar-refractivity contribution in [3.05, 3.63) is 47.3 Å². The third-order valence-corrected chi connectivity index (χ3v) is 3.29. The fourth-order valence-electron chi connectivity index (χ4n) is 1.97. The van der Waals surface area contributed by atoms with E-state index in [0.29, 0.717) is 17.7 Å². The molecule has 1 atom stereocenters. The standard InChI is InChI=1S/C13H16F2N2/c1-9-6-11(14)7-13(15)12(9)8-17-5-4-16(3)10(17)2/h4-7,10H,8H2,1-3H3. The molecule has 0 aliphatic carbocycles. The Morgan fingerprint density at radius 1 is 1.24 bits per heavy atom. The lowest BCUT2D eigenvalue weighted by molar-refractivity contribution is 0.187. The summed E-state index contributed by atoms with van der Waals surface area (Å²) in [5.41, 5.74) is 1.20. The zero-order valence-corrected chi connectivity index (χ0v) is 10.2. The van der Waals surface area contributed by atoms with E-state index in [4.69, 9.17) is 0 Å². The van der Waals surface area contributed by atoms with Crippen molar-refractivity contribution in [2.75, 3.05) is 7.05 Å². The van der Waals surface area contributed by atoms with Crippen molar-refractivity contribution in [2.24, 2.45) is 0 Å². The van der Waals surface area contributed by atoms with Gasteiger partial charge in [0.2, 0.25) is 0 Å². The molecule has 1 aromatic rings. The third kappa shape index (κ3) is 2.25. The van der Waals surface area contributed by atoms with Gasteiger partial charge in [0.15, 0.2) is 0 Å². The summed E-state index contributed by atoms with van der Waals surface area (Å²) in [6.07, 6.45) is 4.06. The summed E-state index contributed by atoms with van der Waals surface area (Å²) in [6.45, 7) is 4.23. The van der Waals surface area contributed by atoms with Crippen molar-refractivity contribution in [3.8, 4) is 0 Å². The second-order valence-electron chi connectivity index (χ2n) is 4.45. The third-order valence-electron chi connectivity index (χ3n) is 3.29. The van der Waals surface area contributed by atoms with E-state index in [9.17, 15) is 8.78 Å². The highest BCUT2D eigenvalue weighted by molar-refractivity contribution is 5.28. The molecule has 0 saturated carbocycles. The van der Waals surface area contributed by atoms with Crippen LogP contribution in [-0.2, 0) is 6.54 Å². The molecular weight excluding hydrogens is 222 g/mol. The first kappa shape index (κ1) is 11.9. The minimum Gasteiger partial charge on any atom is -0.359 e. The molecular formula is C13H16F2N2. The quantitative estimate of drug-likeness (QED) is 0.781. The van der Waals surface area contributed by atoms with Crippen LogP contribution in [0.5, 0.6) is 0 Å². The first-order valence-corrected chi connectivity index (χ1v) is 5.59. The van der Waals surface area contributed by atoms with Crippen molar-refractivity contribution in [3.63, 3.8) is 0 Å². The molecule has 92 valence electrons. The van der Waals surface area contributed by atoms with Gasteiger partial charge >= 0.3 is 0 Å². The highest BCUT2D eigenvalue weighted by Gasteiger charge is 2.20. The Morgan fingerprint density at radius 3 is 2.47 bits per heavy atom. The van der Waals surface area contributed by atoms with Crippen LogP contribution in [-0.4, -0.2) is 23.0 Å². The molecule has 0 fully saturated rings. The molecule has 0 radical (unpaired) electrons. The van der Waals surface area contributed by atoms with Gasteiger partial charge in [-0.05, 0) is 25.5 Å². The summed E-state index contributed by atoms with van der Waals surface area (Å²) in [5.74, 6) is -0.997. The molecule has 0 bridgehead atoms. The average Bonchev–Trinajstić information content (AvgIpc) is 2.54. The van der Waals surface area contributed by atoms with Crippen molar-refractivity contribution < 1.29 is 8.78 Å². The van der Waals surface area contributed by atoms with E-state index in [-0.39, 0.29) is 6.17 Å². The smallest absolute Gasteiger partial charge is 0.131 e. The van der Waals surface area contributed by atoms with Crippen LogP contribution in [0.4, 0.5) is 8.78 Å². The molecule has 0 aromatic heterocycles. The summed E-state index contributed by atoms with van der Waals surface area (Å²) in [4.78, 5) is 4.06. The van der Waals surface area contributed by atoms with E-state index >= 15 is 0 Å². The molecule has 0 amide bonds. The van der Waals surface area contributed by atoms with Gasteiger partial charge in [-0.2, -0.15) is 0 Å². The van der Waals surface area contributed by atoms with Gasteiger partial charge in [-0.15, -0.1) is 0 Å². The summed E-state index contributed by atoms with van der Waals surface area (Å²) < 4.78 is 26.7. The SMILES string of the molecule is Cc1cc(F)cc(F)c1CN1C=CN(C)C1C. The second-order valence-corrected chi connectivity index (χ2v) is 4.45. The Balaban J connectivity index is 2.23. The Hall–Kier alpha value is -1.58. The van der Waals surface area contributed by atoms with E-state index in [2.05, 4.69) is 0 Å². The minimum absolute atomic E-state index is 0.193. The Labute approximate surface area is 100 Å². The van der Waals surface area contributed by atoms with Gasteiger partial charge in [-0.25, -0.2) is 8.78 Å². The average molecular weight is 238 g/mol. The van der Waals surface area contributed by atoms with Crippen molar-refractivity contribution in [2.45, 2.75) is 26.6 Å². The van der Waals surface area contributed by atoms with Gasteiger partial charge in [-0.1, -0.05) is 0 Å². The molecule has 17 heavy (non-hydrogen) atoms. The summed E-state index contributed by atoms with van der Waals surface area (Å²) in [5, 5.41) is 0. The highest BCUT2D eigenvalue weighted by atomic mass is 19.1. The molecule has 2 rings (SSSR count). The number of hydrogen-bond acceptors (Lipinski definition) is 2. The summed E-state index contributed by atoms with van der Waals surface area (Å²) in [6, 6.07) is 2.31. The lowest BCUT2D eigenvalue weighted by Crippen LogP contribution is -2.33. The van der Waals surface area contributed by atoms with Gasteiger partial charge < -0.3 is 9.80 Å². The molecule has 1 aromatic carbocycles. The minimum atomic E-state index is -0.522. The monoisotopic (exact) mass is 238 g/mol. The Kier molecular flexibility index (Phi) is 3.05. The predicted octanol–water partition coefficient (Wildman–Crippen LogP) is 2.84. The topological polar surface area (TPSA) is 6.48 Å². The van der Waals surface area contributed by atoms with Crippen LogP contribution in [0.15, 0.2) is 24.5 Å². The predicted molar refractivity (Wildman–Crippen MR) is 63.0 cm³/mol. The van der Waals surface area contributed by atoms with Crippen LogP contribution in [0.1, 0.15) is 18.1 Å². The number of rotatable bonds is 2. The van der Waals surface area contributed by atoms with Crippen molar-refractivity contribution in [1.82, 2.24) is 9.80 Å². The molecule has 0 spiro atoms. The molecule has 0 N–H and O–H groups in total. The zero-order valence-electron chi connectivity index (χ0n) is 10.2. The maximum Gasteiger partial charge on any atom is 0.131 e. The second kappa shape index (κ2) is 4.35. The lowest BCUT2D eigenvalue weighted by Gasteiger charge is -2.27. The van der Waals surface area contributed by atoms with Crippen LogP contribution < -0.4 is 0 Å². The number of benzene rings is 1. The number of halogens is 2. The number of hydrogen-bond donors (Lipinski definition) is 0. The molecule has 1 heterocycles. The fourth-order valence-corrected chi connectivity index (χ4v) is 1.97. The number of nitrogens with zero attached hydrogens (tertiary/aromatic N) is 2. The largest absolute Gasteiger partial charge is 0.359 e. The Bertz CT molecular complexity index is 434. The number of aryl methyl sites for hydroxylation is 1. The highest BCUT2D eigenvalue weighted by Crippen LogP contribution is 2.21. The fraction of sp³-hybridized carbons (Fsp3) is 0.385. The van der Waals surface area contributed by atoms with Crippen molar-refractivity contribution in [1.29, 1.82) is 0 Å². The van der Waals surface area contributed by atoms with Crippen LogP contribution in [0.2, 0.25) is 0 Å². The zero-order chi connectivity index (χ0) is 12.6. The maximum atomic E-state index is 13.7. The van der Waals surface area contributed by atoms with Gasteiger partial charge in [-0.3, -0.25) is 0 Å². The van der Waals surface area contributed by atoms with E-state index in [1.807, 2.05) is 36.2 Å². The van der Waals surface area contributed by atoms with Gasteiger partial charge in [0.25, 0.3) is 0 Å². The van der Waals surface area contributed by atoms with Gasteiger partial charge in [0.05, 0.1) is 6.17 Å². The normalized spacial score (nSPS) is 19.2. The van der Waals surface area contributed by atoms with E-state index in [1.54, 1.807) is 6.92 Å². The maximum absolute atomic E-state index is 13.7. The van der Waals surface area contributed by atoms with Crippen LogP contribution in [0, 0.1) is 18.6 Å². The van der Waals surface area contributed by atoms with E-state index < -0.39 is 11.6 Å².